The van der Waals surface area contributed by atoms with E-state index >= 15 is 0 Å². The first kappa shape index (κ1) is 16.3. The zero-order chi connectivity index (χ0) is 15.0. The highest BCUT2D eigenvalue weighted by atomic mass is 16.4. The number of carboxylic acids is 1. The van der Waals surface area contributed by atoms with Crippen LogP contribution in [0.4, 0.5) is 4.79 Å². The lowest BCUT2D eigenvalue weighted by atomic mass is 9.95. The van der Waals surface area contributed by atoms with Gasteiger partial charge in [0.1, 0.15) is 0 Å². The van der Waals surface area contributed by atoms with Crippen LogP contribution in [-0.2, 0) is 9.59 Å². The Bertz CT molecular complexity index is 360. The molecule has 1 rings (SSSR count). The van der Waals surface area contributed by atoms with E-state index in [0.29, 0.717) is 25.9 Å². The Balaban J connectivity index is 2.37. The fourth-order valence-corrected chi connectivity index (χ4v) is 2.41. The molecule has 1 saturated carbocycles. The molecule has 0 aromatic heterocycles. The molecule has 0 aliphatic heterocycles. The molecule has 0 aromatic carbocycles. The van der Waals surface area contributed by atoms with Gasteiger partial charge in [0, 0.05) is 26.1 Å². The summed E-state index contributed by atoms with van der Waals surface area (Å²) in [5.41, 5.74) is 0. The molecule has 1 aliphatic rings. The zero-order valence-electron chi connectivity index (χ0n) is 11.8. The Labute approximate surface area is 118 Å². The van der Waals surface area contributed by atoms with Crippen LogP contribution in [0.15, 0.2) is 0 Å². The largest absolute Gasteiger partial charge is 0.481 e. The number of hydrogen-bond donors (Lipinski definition) is 4. The summed E-state index contributed by atoms with van der Waals surface area (Å²) < 4.78 is 0. The highest BCUT2D eigenvalue weighted by Crippen LogP contribution is 2.23. The second-order valence-corrected chi connectivity index (χ2v) is 5.07. The van der Waals surface area contributed by atoms with Crippen LogP contribution >= 0.6 is 0 Å². The summed E-state index contributed by atoms with van der Waals surface area (Å²) in [4.78, 5) is 33.6. The lowest BCUT2D eigenvalue weighted by Gasteiger charge is -2.23. The fourth-order valence-electron chi connectivity index (χ4n) is 2.41. The number of carboxylic acid groups (broad SMARTS) is 1. The molecule has 0 spiro atoms. The van der Waals surface area contributed by atoms with Crippen LogP contribution in [0.2, 0.25) is 0 Å². The van der Waals surface area contributed by atoms with Gasteiger partial charge in [0.15, 0.2) is 0 Å². The fraction of sp³-hybridized carbons (Fsp3) is 0.769. The maximum Gasteiger partial charge on any atom is 0.315 e. The molecular weight excluding hydrogens is 262 g/mol. The number of aliphatic carboxylic acids is 1. The Hall–Kier alpha value is -1.79. The van der Waals surface area contributed by atoms with Crippen molar-refractivity contribution in [3.63, 3.8) is 0 Å². The third-order valence-corrected chi connectivity index (χ3v) is 3.43. The lowest BCUT2D eigenvalue weighted by Crippen LogP contribution is -2.48. The van der Waals surface area contributed by atoms with Gasteiger partial charge in [-0.2, -0.15) is 0 Å². The highest BCUT2D eigenvalue weighted by Gasteiger charge is 2.30. The van der Waals surface area contributed by atoms with Crippen LogP contribution in [0.1, 0.15) is 39.0 Å². The van der Waals surface area contributed by atoms with Crippen molar-refractivity contribution in [2.24, 2.45) is 5.92 Å². The number of rotatable bonds is 5. The molecular formula is C13H23N3O4. The summed E-state index contributed by atoms with van der Waals surface area (Å²) in [5.74, 6) is -1.52. The Morgan fingerprint density at radius 3 is 2.35 bits per heavy atom. The molecule has 0 bridgehead atoms. The average Bonchev–Trinajstić information content (AvgIpc) is 2.60. The molecule has 4 N–H and O–H groups in total. The monoisotopic (exact) mass is 285 g/mol. The second kappa shape index (κ2) is 8.39. The van der Waals surface area contributed by atoms with Gasteiger partial charge >= 0.3 is 12.0 Å². The topological polar surface area (TPSA) is 108 Å². The maximum atomic E-state index is 11.7. The van der Waals surface area contributed by atoms with E-state index in [1.165, 1.54) is 6.92 Å². The molecule has 0 radical (unpaired) electrons. The third-order valence-electron chi connectivity index (χ3n) is 3.43. The number of carbonyl (C=O) groups is 3. The van der Waals surface area contributed by atoms with Crippen molar-refractivity contribution < 1.29 is 19.5 Å². The number of urea groups is 1. The van der Waals surface area contributed by atoms with Crippen LogP contribution in [0.25, 0.3) is 0 Å². The summed E-state index contributed by atoms with van der Waals surface area (Å²) >= 11 is 0. The van der Waals surface area contributed by atoms with Gasteiger partial charge < -0.3 is 21.1 Å². The molecule has 0 aromatic rings. The van der Waals surface area contributed by atoms with Crippen molar-refractivity contribution in [3.8, 4) is 0 Å². The van der Waals surface area contributed by atoms with Gasteiger partial charge in [0.25, 0.3) is 0 Å². The van der Waals surface area contributed by atoms with Crippen molar-refractivity contribution >= 4 is 17.9 Å². The van der Waals surface area contributed by atoms with Crippen LogP contribution in [0, 0.1) is 5.92 Å². The Morgan fingerprint density at radius 2 is 1.70 bits per heavy atom. The van der Waals surface area contributed by atoms with Crippen molar-refractivity contribution in [1.82, 2.24) is 16.0 Å². The number of carbonyl (C=O) groups excluding carboxylic acids is 2. The molecule has 1 fully saturated rings. The van der Waals surface area contributed by atoms with Crippen LogP contribution in [0.3, 0.4) is 0 Å². The quantitative estimate of drug-likeness (QED) is 0.434. The molecule has 20 heavy (non-hydrogen) atoms. The minimum atomic E-state index is -0.851. The summed E-state index contributed by atoms with van der Waals surface area (Å²) in [6.07, 6.45) is 4.12. The van der Waals surface area contributed by atoms with Crippen molar-refractivity contribution in [2.75, 3.05) is 13.1 Å². The van der Waals surface area contributed by atoms with Crippen molar-refractivity contribution in [2.45, 2.75) is 45.1 Å². The van der Waals surface area contributed by atoms with E-state index in [0.717, 1.165) is 19.3 Å². The van der Waals surface area contributed by atoms with Gasteiger partial charge in [0.2, 0.25) is 5.91 Å². The molecule has 7 nitrogen and oxygen atoms in total. The van der Waals surface area contributed by atoms with Crippen molar-refractivity contribution in [3.05, 3.63) is 0 Å². The number of amides is 3. The highest BCUT2D eigenvalue weighted by molar-refractivity contribution is 5.77. The van der Waals surface area contributed by atoms with Gasteiger partial charge in [-0.25, -0.2) is 4.79 Å². The first-order chi connectivity index (χ1) is 9.50. The maximum absolute atomic E-state index is 11.7. The predicted octanol–water partition coefficient (Wildman–Crippen LogP) is 0.455. The van der Waals surface area contributed by atoms with E-state index in [4.69, 9.17) is 0 Å². The van der Waals surface area contributed by atoms with Gasteiger partial charge in [-0.3, -0.25) is 9.59 Å². The SMILES string of the molecule is CC(=O)NCCNC(=O)NC1CCCCCC1C(=O)O. The Morgan fingerprint density at radius 1 is 1.05 bits per heavy atom. The normalized spacial score (nSPS) is 22.4. The molecule has 2 unspecified atom stereocenters. The van der Waals surface area contributed by atoms with Crippen LogP contribution < -0.4 is 16.0 Å². The molecule has 2 atom stereocenters. The predicted molar refractivity (Wildman–Crippen MR) is 73.2 cm³/mol. The summed E-state index contributed by atoms with van der Waals surface area (Å²) in [5, 5.41) is 17.1. The molecule has 114 valence electrons. The Kier molecular flexibility index (Phi) is 6.83. The molecule has 0 saturated heterocycles. The lowest BCUT2D eigenvalue weighted by molar-refractivity contribution is -0.142. The molecule has 7 heteroatoms. The first-order valence-corrected chi connectivity index (χ1v) is 7.02. The number of hydrogen-bond acceptors (Lipinski definition) is 3. The van der Waals surface area contributed by atoms with Crippen LogP contribution in [0.5, 0.6) is 0 Å². The summed E-state index contributed by atoms with van der Waals surface area (Å²) in [6, 6.07) is -0.704. The summed E-state index contributed by atoms with van der Waals surface area (Å²) in [6.45, 7) is 2.08. The third kappa shape index (κ3) is 5.90. The van der Waals surface area contributed by atoms with Gasteiger partial charge in [0.05, 0.1) is 5.92 Å². The molecule has 0 heterocycles. The molecule has 3 amide bonds. The van der Waals surface area contributed by atoms with Gasteiger partial charge in [-0.05, 0) is 12.8 Å². The standard InChI is InChI=1S/C13H23N3O4/c1-9(17)14-7-8-15-13(20)16-11-6-4-2-3-5-10(11)12(18)19/h10-11H,2-8H2,1H3,(H,14,17)(H,18,19)(H2,15,16,20). The van der Waals surface area contributed by atoms with E-state index in [1.807, 2.05) is 0 Å². The molecule has 1 aliphatic carbocycles. The van der Waals surface area contributed by atoms with Crippen LogP contribution in [-0.4, -0.2) is 42.1 Å². The van der Waals surface area contributed by atoms with E-state index in [9.17, 15) is 19.5 Å². The van der Waals surface area contributed by atoms with Gasteiger partial charge in [-0.1, -0.05) is 19.3 Å². The smallest absolute Gasteiger partial charge is 0.315 e. The van der Waals surface area contributed by atoms with E-state index in [1.54, 1.807) is 0 Å². The van der Waals surface area contributed by atoms with Gasteiger partial charge in [-0.15, -0.1) is 0 Å². The summed E-state index contributed by atoms with van der Waals surface area (Å²) in [7, 11) is 0. The minimum absolute atomic E-state index is 0.151. The van der Waals surface area contributed by atoms with E-state index in [2.05, 4.69) is 16.0 Å². The average molecular weight is 285 g/mol. The first-order valence-electron chi connectivity index (χ1n) is 7.02. The second-order valence-electron chi connectivity index (χ2n) is 5.07. The zero-order valence-corrected chi connectivity index (χ0v) is 11.8. The number of nitrogens with one attached hydrogen (secondary N) is 3. The van der Waals surface area contributed by atoms with E-state index in [-0.39, 0.29) is 18.0 Å². The van der Waals surface area contributed by atoms with Crippen molar-refractivity contribution in [1.29, 1.82) is 0 Å². The van der Waals surface area contributed by atoms with E-state index < -0.39 is 11.9 Å². The minimum Gasteiger partial charge on any atom is -0.481 e.